The minimum atomic E-state index is -5.49. The van der Waals surface area contributed by atoms with Gasteiger partial charge in [-0.15, -0.1) is 11.3 Å². The number of rotatable bonds is 6. The van der Waals surface area contributed by atoms with Crippen LogP contribution in [0.1, 0.15) is 19.0 Å². The Balaban J connectivity index is 1.86. The molecular weight excluding hydrogens is 491 g/mol. The number of nitrogens with one attached hydrogen (secondary N) is 1. The molecule has 0 aliphatic carbocycles. The normalized spacial score (nSPS) is 12.2. The van der Waals surface area contributed by atoms with Gasteiger partial charge in [-0.1, -0.05) is 19.4 Å². The fourth-order valence-electron chi connectivity index (χ4n) is 2.50. The number of pyridine rings is 1. The zero-order chi connectivity index (χ0) is 21.2. The van der Waals surface area contributed by atoms with E-state index in [0.717, 1.165) is 29.1 Å². The summed E-state index contributed by atoms with van der Waals surface area (Å²) >= 11 is 4.55. The Kier molecular flexibility index (Phi) is 6.30. The van der Waals surface area contributed by atoms with Crippen molar-refractivity contribution in [3.63, 3.8) is 0 Å². The fraction of sp³-hybridized carbons (Fsp3) is 0.222. The summed E-state index contributed by atoms with van der Waals surface area (Å²) < 4.78 is 62.0. The molecule has 1 N–H and O–H groups in total. The molecule has 0 fully saturated rings. The third kappa shape index (κ3) is 4.96. The molecule has 0 amide bonds. The number of aromatic nitrogens is 2. The smallest absolute Gasteiger partial charge is 0.275 e. The van der Waals surface area contributed by atoms with E-state index < -0.39 is 15.5 Å². The van der Waals surface area contributed by atoms with Gasteiger partial charge in [0.05, 0.1) is 11.4 Å². The highest BCUT2D eigenvalue weighted by molar-refractivity contribution is 9.10. The summed E-state index contributed by atoms with van der Waals surface area (Å²) in [5.74, 6) is 0. The van der Waals surface area contributed by atoms with E-state index in [1.807, 2.05) is 17.5 Å². The van der Waals surface area contributed by atoms with Crippen molar-refractivity contribution in [1.29, 1.82) is 0 Å². The van der Waals surface area contributed by atoms with Crippen LogP contribution in [-0.2, 0) is 16.4 Å². The van der Waals surface area contributed by atoms with Crippen molar-refractivity contribution >= 4 is 43.0 Å². The van der Waals surface area contributed by atoms with Gasteiger partial charge in [0.2, 0.25) is 0 Å². The van der Waals surface area contributed by atoms with Gasteiger partial charge < -0.3 is 0 Å². The summed E-state index contributed by atoms with van der Waals surface area (Å²) in [6.07, 6.45) is 3.59. The van der Waals surface area contributed by atoms with Crippen molar-refractivity contribution in [1.82, 2.24) is 9.97 Å². The highest BCUT2D eigenvalue weighted by atomic mass is 79.9. The summed E-state index contributed by atoms with van der Waals surface area (Å²) in [5, 5.41) is 2.62. The predicted molar refractivity (Wildman–Crippen MR) is 111 cm³/mol. The first-order chi connectivity index (χ1) is 13.6. The van der Waals surface area contributed by atoms with Gasteiger partial charge in [-0.25, -0.2) is 4.98 Å². The Hall–Kier alpha value is -1.98. The van der Waals surface area contributed by atoms with E-state index in [0.29, 0.717) is 11.3 Å². The molecule has 11 heteroatoms. The van der Waals surface area contributed by atoms with Crippen LogP contribution in [-0.4, -0.2) is 23.9 Å². The molecule has 0 unspecified atom stereocenters. The zero-order valence-electron chi connectivity index (χ0n) is 15.0. The number of hydrogen-bond donors (Lipinski definition) is 1. The third-order valence-corrected chi connectivity index (χ3v) is 6.53. The second kappa shape index (κ2) is 8.41. The molecule has 3 rings (SSSR count). The van der Waals surface area contributed by atoms with Gasteiger partial charge >= 0.3 is 15.5 Å². The van der Waals surface area contributed by atoms with Gasteiger partial charge in [-0.05, 0) is 46.6 Å². The number of hydrogen-bond acceptors (Lipinski definition) is 5. The fourth-order valence-corrected chi connectivity index (χ4v) is 4.52. The summed E-state index contributed by atoms with van der Waals surface area (Å²) in [5.41, 5.74) is -2.42. The van der Waals surface area contributed by atoms with Crippen LogP contribution in [0.15, 0.2) is 46.4 Å². The second-order valence-corrected chi connectivity index (χ2v) is 9.46. The van der Waals surface area contributed by atoms with E-state index in [1.54, 1.807) is 6.20 Å². The first kappa shape index (κ1) is 21.7. The molecule has 0 saturated heterocycles. The highest BCUT2D eigenvalue weighted by Crippen LogP contribution is 2.34. The van der Waals surface area contributed by atoms with Crippen molar-refractivity contribution in [2.45, 2.75) is 25.3 Å². The molecule has 1 aromatic carbocycles. The van der Waals surface area contributed by atoms with Gasteiger partial charge in [-0.3, -0.25) is 9.71 Å². The molecule has 0 aliphatic heterocycles. The van der Waals surface area contributed by atoms with E-state index in [-0.39, 0.29) is 10.2 Å². The van der Waals surface area contributed by atoms with Crippen LogP contribution in [0.25, 0.3) is 21.8 Å². The van der Waals surface area contributed by atoms with E-state index in [1.165, 1.54) is 34.3 Å². The minimum Gasteiger partial charge on any atom is -0.275 e. The maximum Gasteiger partial charge on any atom is 0.516 e. The van der Waals surface area contributed by atoms with Crippen molar-refractivity contribution in [2.24, 2.45) is 0 Å². The SMILES string of the molecule is CCCc1cc(-c2nc(-c3ccc(NS(=O)(=O)C(F)(F)F)c(Br)c3)cs2)ccn1. The summed E-state index contributed by atoms with van der Waals surface area (Å²) in [4.78, 5) is 8.91. The van der Waals surface area contributed by atoms with Crippen LogP contribution in [0.4, 0.5) is 18.9 Å². The lowest BCUT2D eigenvalue weighted by Gasteiger charge is -2.12. The van der Waals surface area contributed by atoms with Crippen LogP contribution in [0.2, 0.25) is 0 Å². The highest BCUT2D eigenvalue weighted by Gasteiger charge is 2.46. The Morgan fingerprint density at radius 2 is 1.93 bits per heavy atom. The lowest BCUT2D eigenvalue weighted by Crippen LogP contribution is -2.30. The second-order valence-electron chi connectivity index (χ2n) is 6.07. The van der Waals surface area contributed by atoms with Crippen LogP contribution >= 0.6 is 27.3 Å². The zero-order valence-corrected chi connectivity index (χ0v) is 18.2. The van der Waals surface area contributed by atoms with Gasteiger partial charge in [0.25, 0.3) is 0 Å². The molecule has 0 spiro atoms. The monoisotopic (exact) mass is 505 g/mol. The largest absolute Gasteiger partial charge is 0.516 e. The Bertz CT molecular complexity index is 1130. The lowest BCUT2D eigenvalue weighted by atomic mass is 10.1. The molecule has 154 valence electrons. The van der Waals surface area contributed by atoms with Crippen LogP contribution in [0.3, 0.4) is 0 Å². The molecule has 0 saturated carbocycles. The van der Waals surface area contributed by atoms with Gasteiger partial charge in [0, 0.05) is 32.9 Å². The van der Waals surface area contributed by atoms with E-state index >= 15 is 0 Å². The summed E-state index contributed by atoms with van der Waals surface area (Å²) in [7, 11) is -5.49. The molecule has 3 aromatic rings. The maximum atomic E-state index is 12.6. The molecule has 0 aliphatic rings. The number of sulfonamides is 1. The standard InChI is InChI=1S/C18H15BrF3N3O2S2/c1-2-3-13-8-12(6-7-23-13)17-24-16(10-28-17)11-4-5-15(14(19)9-11)25-29(26,27)18(20,21)22/h4-10,25H,2-3H2,1H3. The molecule has 0 bridgehead atoms. The summed E-state index contributed by atoms with van der Waals surface area (Å²) in [6.45, 7) is 2.08. The van der Waals surface area contributed by atoms with Crippen LogP contribution in [0, 0.1) is 0 Å². The van der Waals surface area contributed by atoms with Crippen molar-refractivity contribution in [2.75, 3.05) is 4.72 Å². The molecule has 2 heterocycles. The van der Waals surface area contributed by atoms with Crippen LogP contribution in [0.5, 0.6) is 0 Å². The molecule has 5 nitrogen and oxygen atoms in total. The van der Waals surface area contributed by atoms with E-state index in [9.17, 15) is 21.6 Å². The first-order valence-electron chi connectivity index (χ1n) is 8.40. The quantitative estimate of drug-likeness (QED) is 0.456. The number of nitrogens with zero attached hydrogens (tertiary/aromatic N) is 2. The Morgan fingerprint density at radius 1 is 1.17 bits per heavy atom. The number of thiazole rings is 1. The topological polar surface area (TPSA) is 72.0 Å². The lowest BCUT2D eigenvalue weighted by molar-refractivity contribution is -0.0429. The van der Waals surface area contributed by atoms with Gasteiger partial charge in [-0.2, -0.15) is 21.6 Å². The number of anilines is 1. The van der Waals surface area contributed by atoms with Crippen molar-refractivity contribution in [3.05, 3.63) is 52.1 Å². The average Bonchev–Trinajstić information content (AvgIpc) is 3.13. The third-order valence-electron chi connectivity index (χ3n) is 3.89. The Morgan fingerprint density at radius 3 is 2.59 bits per heavy atom. The Labute approximate surface area is 178 Å². The number of halogens is 4. The van der Waals surface area contributed by atoms with Crippen molar-refractivity contribution in [3.8, 4) is 21.8 Å². The van der Waals surface area contributed by atoms with Crippen molar-refractivity contribution < 1.29 is 21.6 Å². The van der Waals surface area contributed by atoms with Crippen LogP contribution < -0.4 is 4.72 Å². The molecule has 0 atom stereocenters. The average molecular weight is 506 g/mol. The molecular formula is C18H15BrF3N3O2S2. The minimum absolute atomic E-state index is 0.173. The maximum absolute atomic E-state index is 12.6. The van der Waals surface area contributed by atoms with E-state index in [2.05, 4.69) is 32.8 Å². The molecule has 0 radical (unpaired) electrons. The number of alkyl halides is 3. The number of benzene rings is 1. The molecule has 29 heavy (non-hydrogen) atoms. The van der Waals surface area contributed by atoms with E-state index in [4.69, 9.17) is 0 Å². The van der Waals surface area contributed by atoms with Gasteiger partial charge in [0.1, 0.15) is 5.01 Å². The molecule has 2 aromatic heterocycles. The predicted octanol–water partition coefficient (Wildman–Crippen LogP) is 5.85. The number of aryl methyl sites for hydroxylation is 1. The summed E-state index contributed by atoms with van der Waals surface area (Å²) in [6, 6.07) is 8.13. The van der Waals surface area contributed by atoms with Gasteiger partial charge in [0.15, 0.2) is 0 Å². The first-order valence-corrected chi connectivity index (χ1v) is 11.6.